The molecule has 2 saturated heterocycles. The Morgan fingerprint density at radius 1 is 1.08 bits per heavy atom. The molecule has 0 N–H and O–H groups in total. The number of halogens is 2. The Morgan fingerprint density at radius 3 is 2.65 bits per heavy atom. The number of benzene rings is 2. The van der Waals surface area contributed by atoms with Crippen LogP contribution in [0.1, 0.15) is 58.9 Å². The molecule has 1 amide bonds. The molecule has 0 saturated carbocycles. The Hall–Kier alpha value is -4.24. The molecule has 11 nitrogen and oxygen atoms in total. The third kappa shape index (κ3) is 6.33. The van der Waals surface area contributed by atoms with Gasteiger partial charge in [-0.3, -0.25) is 4.98 Å². The van der Waals surface area contributed by atoms with Gasteiger partial charge in [-0.1, -0.05) is 52.7 Å². The average molecular weight is 702 g/mol. The molecular formula is C36H38Cl2N8O3. The van der Waals surface area contributed by atoms with Crippen molar-refractivity contribution in [3.63, 3.8) is 0 Å². The largest absolute Gasteiger partial charge is 0.474 e. The first kappa shape index (κ1) is 33.3. The molecule has 2 aliphatic rings. The number of nitrogens with zero attached hydrogens (tertiary/aromatic N) is 8. The predicted molar refractivity (Wildman–Crippen MR) is 190 cm³/mol. The van der Waals surface area contributed by atoms with Gasteiger partial charge in [0.05, 0.1) is 45.7 Å². The zero-order valence-corrected chi connectivity index (χ0v) is 29.5. The fourth-order valence-electron chi connectivity index (χ4n) is 7.13. The van der Waals surface area contributed by atoms with Gasteiger partial charge in [0, 0.05) is 40.7 Å². The molecule has 7 rings (SSSR count). The second-order valence-corrected chi connectivity index (χ2v) is 14.7. The van der Waals surface area contributed by atoms with Crippen LogP contribution in [0, 0.1) is 11.3 Å². The van der Waals surface area contributed by atoms with Gasteiger partial charge >= 0.3 is 6.09 Å². The smallest absolute Gasteiger partial charge is 0.410 e. The Balaban J connectivity index is 1.36. The first-order valence-electron chi connectivity index (χ1n) is 16.6. The maximum Gasteiger partial charge on any atom is 0.410 e. The summed E-state index contributed by atoms with van der Waals surface area (Å²) in [6.07, 6.45) is 4.69. The predicted octanol–water partition coefficient (Wildman–Crippen LogP) is 7.83. The van der Waals surface area contributed by atoms with E-state index in [0.717, 1.165) is 35.9 Å². The molecule has 3 aromatic heterocycles. The Bertz CT molecular complexity index is 2100. The van der Waals surface area contributed by atoms with E-state index in [1.807, 2.05) is 61.9 Å². The standard InChI is InChI=1S/C36H38Cl2N8O3/c1-36(2,3)49-35(47)45-17-13-23(18-22(45)12-14-39)46-33-26-19-27(37)28(25-11-5-8-21-9-6-15-40-30(21)25)29(38)31(26)41-34(32(33)42-43-46)48-20-24-10-7-16-44(24)4/h5-6,8-9,11,15,19,22-24H,7,10,12-13,16-18,20H2,1-4H3/t22-,23+,24+/m1/s1. The maximum absolute atomic E-state index is 13.1. The molecule has 3 atom stereocenters. The van der Waals surface area contributed by atoms with Crippen molar-refractivity contribution in [3.05, 3.63) is 52.6 Å². The fourth-order valence-corrected chi connectivity index (χ4v) is 7.83. The minimum Gasteiger partial charge on any atom is -0.474 e. The number of carbonyl (C=O) groups excluding carboxylic acids is 1. The molecule has 49 heavy (non-hydrogen) atoms. The van der Waals surface area contributed by atoms with Crippen molar-refractivity contribution < 1.29 is 14.3 Å². The summed E-state index contributed by atoms with van der Waals surface area (Å²) in [7, 11) is 2.10. The van der Waals surface area contributed by atoms with Crippen molar-refractivity contribution in [2.24, 2.45) is 0 Å². The lowest BCUT2D eigenvalue weighted by Crippen LogP contribution is -2.48. The molecule has 0 aliphatic carbocycles. The summed E-state index contributed by atoms with van der Waals surface area (Å²) in [5.74, 6) is 0.347. The highest BCUT2D eigenvalue weighted by molar-refractivity contribution is 6.44. The molecule has 0 radical (unpaired) electrons. The molecular weight excluding hydrogens is 663 g/mol. The highest BCUT2D eigenvalue weighted by Gasteiger charge is 2.37. The first-order chi connectivity index (χ1) is 23.5. The van der Waals surface area contributed by atoms with E-state index in [2.05, 4.69) is 33.3 Å². The number of amides is 1. The van der Waals surface area contributed by atoms with E-state index in [1.54, 1.807) is 11.1 Å². The molecule has 5 aromatic rings. The number of likely N-dealkylation sites (tertiary alicyclic amines) is 2. The molecule has 13 heteroatoms. The molecule has 254 valence electrons. The van der Waals surface area contributed by atoms with E-state index in [9.17, 15) is 10.1 Å². The monoisotopic (exact) mass is 700 g/mol. The van der Waals surface area contributed by atoms with Gasteiger partial charge in [0.25, 0.3) is 0 Å². The van der Waals surface area contributed by atoms with Gasteiger partial charge in [-0.05, 0) is 72.2 Å². The summed E-state index contributed by atoms with van der Waals surface area (Å²) in [6, 6.07) is 13.6. The van der Waals surface area contributed by atoms with Crippen LogP contribution in [0.2, 0.25) is 10.0 Å². The van der Waals surface area contributed by atoms with Gasteiger partial charge in [0.1, 0.15) is 17.7 Å². The van der Waals surface area contributed by atoms with Crippen molar-refractivity contribution >= 4 is 62.1 Å². The van der Waals surface area contributed by atoms with Gasteiger partial charge in [0.15, 0.2) is 5.52 Å². The minimum absolute atomic E-state index is 0.161. The van der Waals surface area contributed by atoms with E-state index in [0.29, 0.717) is 69.4 Å². The number of likely N-dealkylation sites (N-methyl/N-ethyl adjacent to an activating group) is 1. The molecule has 5 heterocycles. The first-order valence-corrected chi connectivity index (χ1v) is 17.4. The maximum atomic E-state index is 13.1. The van der Waals surface area contributed by atoms with Crippen LogP contribution in [0.5, 0.6) is 5.88 Å². The highest BCUT2D eigenvalue weighted by Crippen LogP contribution is 2.45. The van der Waals surface area contributed by atoms with Crippen LogP contribution >= 0.6 is 23.2 Å². The van der Waals surface area contributed by atoms with Crippen molar-refractivity contribution in [2.75, 3.05) is 26.7 Å². The number of pyridine rings is 2. The number of para-hydroxylation sites is 1. The van der Waals surface area contributed by atoms with Gasteiger partial charge < -0.3 is 19.3 Å². The number of carbonyl (C=O) groups is 1. The average Bonchev–Trinajstić information content (AvgIpc) is 3.70. The molecule has 2 fully saturated rings. The van der Waals surface area contributed by atoms with E-state index >= 15 is 0 Å². The van der Waals surface area contributed by atoms with E-state index in [1.165, 1.54) is 0 Å². The third-order valence-corrected chi connectivity index (χ3v) is 10.2. The van der Waals surface area contributed by atoms with Crippen molar-refractivity contribution in [3.8, 4) is 23.1 Å². The summed E-state index contributed by atoms with van der Waals surface area (Å²) in [5, 5.41) is 21.4. The summed E-state index contributed by atoms with van der Waals surface area (Å²) < 4.78 is 14.0. The SMILES string of the molecule is CN1CCC[C@H]1COc1nc2c(Cl)c(-c3cccc4cccnc34)c(Cl)cc2c2c1nnn2[C@H]1CCN(C(=O)OC(C)(C)C)[C@H](CC#N)C1. The second kappa shape index (κ2) is 13.2. The third-order valence-electron chi connectivity index (χ3n) is 9.53. The highest BCUT2D eigenvalue weighted by atomic mass is 35.5. The minimum atomic E-state index is -0.650. The quantitative estimate of drug-likeness (QED) is 0.174. The van der Waals surface area contributed by atoms with Crippen molar-refractivity contribution in [1.82, 2.24) is 34.8 Å². The van der Waals surface area contributed by atoms with Crippen LogP contribution in [0.3, 0.4) is 0 Å². The molecule has 0 spiro atoms. The molecule has 0 unspecified atom stereocenters. The van der Waals surface area contributed by atoms with E-state index < -0.39 is 11.7 Å². The Labute approximate surface area is 294 Å². The van der Waals surface area contributed by atoms with Crippen LogP contribution in [0.4, 0.5) is 4.79 Å². The number of hydrogen-bond acceptors (Lipinski definition) is 9. The lowest BCUT2D eigenvalue weighted by atomic mass is 9.95. The van der Waals surface area contributed by atoms with E-state index in [-0.39, 0.29) is 24.5 Å². The van der Waals surface area contributed by atoms with Crippen LogP contribution in [-0.4, -0.2) is 85.3 Å². The lowest BCUT2D eigenvalue weighted by molar-refractivity contribution is 0.00557. The lowest BCUT2D eigenvalue weighted by Gasteiger charge is -2.39. The van der Waals surface area contributed by atoms with Gasteiger partial charge in [-0.15, -0.1) is 5.10 Å². The van der Waals surface area contributed by atoms with Crippen LogP contribution in [-0.2, 0) is 4.74 Å². The van der Waals surface area contributed by atoms with Gasteiger partial charge in [0.2, 0.25) is 5.88 Å². The fraction of sp³-hybridized carbons (Fsp3) is 0.444. The van der Waals surface area contributed by atoms with Crippen LogP contribution in [0.25, 0.3) is 44.0 Å². The Morgan fingerprint density at radius 2 is 1.90 bits per heavy atom. The zero-order chi connectivity index (χ0) is 34.4. The summed E-state index contributed by atoms with van der Waals surface area (Å²) in [6.45, 7) is 7.36. The van der Waals surface area contributed by atoms with Gasteiger partial charge in [-0.25, -0.2) is 14.5 Å². The van der Waals surface area contributed by atoms with Crippen LogP contribution < -0.4 is 4.74 Å². The number of hydrogen-bond donors (Lipinski definition) is 0. The van der Waals surface area contributed by atoms with Gasteiger partial charge in [-0.2, -0.15) is 5.26 Å². The summed E-state index contributed by atoms with van der Waals surface area (Å²) in [4.78, 5) is 26.7. The summed E-state index contributed by atoms with van der Waals surface area (Å²) >= 11 is 14.4. The normalized spacial score (nSPS) is 20.3. The number of ether oxygens (including phenoxy) is 2. The molecule has 2 aliphatic heterocycles. The van der Waals surface area contributed by atoms with Crippen molar-refractivity contribution in [2.45, 2.75) is 76.6 Å². The molecule has 2 aromatic carbocycles. The van der Waals surface area contributed by atoms with E-state index in [4.69, 9.17) is 37.7 Å². The summed E-state index contributed by atoms with van der Waals surface area (Å²) in [5.41, 5.74) is 3.27. The zero-order valence-electron chi connectivity index (χ0n) is 28.0. The number of aromatic nitrogens is 5. The Kier molecular flexibility index (Phi) is 8.98. The topological polar surface area (TPSA) is 122 Å². The second-order valence-electron chi connectivity index (χ2n) is 13.9. The number of piperidine rings is 1. The molecule has 0 bridgehead atoms. The number of rotatable bonds is 6. The van der Waals surface area contributed by atoms with Crippen LogP contribution in [0.15, 0.2) is 42.6 Å². The number of nitriles is 1. The van der Waals surface area contributed by atoms with Crippen molar-refractivity contribution in [1.29, 1.82) is 5.26 Å². The number of fused-ring (bicyclic) bond motifs is 4.